The zero-order valence-electron chi connectivity index (χ0n) is 18.0. The van der Waals surface area contributed by atoms with Crippen molar-refractivity contribution in [3.63, 3.8) is 0 Å². The summed E-state index contributed by atoms with van der Waals surface area (Å²) in [4.78, 5) is 26.5. The van der Waals surface area contributed by atoms with Gasteiger partial charge in [-0.2, -0.15) is 4.98 Å². The molecule has 0 atom stereocenters. The summed E-state index contributed by atoms with van der Waals surface area (Å²) in [6.07, 6.45) is 0. The monoisotopic (exact) mass is 423 g/mol. The van der Waals surface area contributed by atoms with E-state index in [1.165, 1.54) is 0 Å². The molecule has 1 aliphatic heterocycles. The second kappa shape index (κ2) is 8.67. The number of nitrogens with one attached hydrogen (secondary N) is 1. The van der Waals surface area contributed by atoms with Gasteiger partial charge in [-0.3, -0.25) is 4.79 Å². The maximum atomic E-state index is 13.1. The third-order valence-electron chi connectivity index (χ3n) is 5.73. The van der Waals surface area contributed by atoms with E-state index in [0.717, 1.165) is 33.5 Å². The number of nitrogens with zero attached hydrogens (tertiary/aromatic N) is 4. The fraction of sp³-hybridized carbons (Fsp3) is 0.192. The van der Waals surface area contributed by atoms with Crippen LogP contribution >= 0.6 is 0 Å². The number of aryl methyl sites for hydroxylation is 1. The molecular formula is C26H25N5O. The molecule has 3 aromatic carbocycles. The molecule has 1 aromatic heterocycles. The van der Waals surface area contributed by atoms with Crippen molar-refractivity contribution in [1.82, 2.24) is 14.9 Å². The third-order valence-corrected chi connectivity index (χ3v) is 5.73. The van der Waals surface area contributed by atoms with Crippen LogP contribution in [0.3, 0.4) is 0 Å². The summed E-state index contributed by atoms with van der Waals surface area (Å²) in [6, 6.07) is 25.9. The lowest BCUT2D eigenvalue weighted by Gasteiger charge is -2.35. The third kappa shape index (κ3) is 4.25. The summed E-state index contributed by atoms with van der Waals surface area (Å²) in [5.74, 6) is 1.54. The lowest BCUT2D eigenvalue weighted by molar-refractivity contribution is 0.0746. The Morgan fingerprint density at radius 1 is 0.812 bits per heavy atom. The molecule has 1 aliphatic rings. The lowest BCUT2D eigenvalue weighted by atomic mass is 10.1. The van der Waals surface area contributed by atoms with Gasteiger partial charge in [-0.05, 0) is 42.0 Å². The predicted octanol–water partition coefficient (Wildman–Crippen LogP) is 4.64. The molecule has 1 amide bonds. The molecule has 0 radical (unpaired) electrons. The predicted molar refractivity (Wildman–Crippen MR) is 129 cm³/mol. The van der Waals surface area contributed by atoms with Crippen molar-refractivity contribution in [2.75, 3.05) is 36.4 Å². The topological polar surface area (TPSA) is 61.4 Å². The first-order chi connectivity index (χ1) is 15.7. The molecule has 1 saturated heterocycles. The zero-order chi connectivity index (χ0) is 21.9. The highest BCUT2D eigenvalue weighted by Crippen LogP contribution is 2.21. The number of rotatable bonds is 4. The highest BCUT2D eigenvalue weighted by atomic mass is 16.2. The van der Waals surface area contributed by atoms with Crippen molar-refractivity contribution < 1.29 is 4.79 Å². The van der Waals surface area contributed by atoms with Gasteiger partial charge < -0.3 is 15.1 Å². The highest BCUT2D eigenvalue weighted by Gasteiger charge is 2.24. The first-order valence-corrected chi connectivity index (χ1v) is 10.9. The van der Waals surface area contributed by atoms with Crippen LogP contribution in [0.1, 0.15) is 16.1 Å². The van der Waals surface area contributed by atoms with E-state index in [1.54, 1.807) is 0 Å². The summed E-state index contributed by atoms with van der Waals surface area (Å²) in [5, 5.41) is 5.58. The van der Waals surface area contributed by atoms with Gasteiger partial charge in [-0.15, -0.1) is 0 Å². The van der Waals surface area contributed by atoms with E-state index in [9.17, 15) is 4.79 Å². The van der Waals surface area contributed by atoms with E-state index in [2.05, 4.69) is 21.3 Å². The number of amides is 1. The minimum absolute atomic E-state index is 0.0759. The van der Waals surface area contributed by atoms with E-state index in [4.69, 9.17) is 4.98 Å². The summed E-state index contributed by atoms with van der Waals surface area (Å²) in [6.45, 7) is 4.66. The van der Waals surface area contributed by atoms with Crippen LogP contribution in [0.4, 0.5) is 17.5 Å². The number of benzene rings is 3. The Balaban J connectivity index is 1.27. The van der Waals surface area contributed by atoms with E-state index in [-0.39, 0.29) is 5.91 Å². The molecule has 6 nitrogen and oxygen atoms in total. The van der Waals surface area contributed by atoms with Gasteiger partial charge >= 0.3 is 0 Å². The van der Waals surface area contributed by atoms with E-state index < -0.39 is 0 Å². The molecule has 6 heteroatoms. The Morgan fingerprint density at radius 2 is 1.53 bits per heavy atom. The zero-order valence-corrected chi connectivity index (χ0v) is 18.0. The first-order valence-electron chi connectivity index (χ1n) is 10.9. The Bertz CT molecular complexity index is 1250. The molecule has 0 bridgehead atoms. The van der Waals surface area contributed by atoms with E-state index >= 15 is 0 Å². The smallest absolute Gasteiger partial charge is 0.253 e. The fourth-order valence-corrected chi connectivity index (χ4v) is 4.04. The van der Waals surface area contributed by atoms with E-state index in [0.29, 0.717) is 32.1 Å². The van der Waals surface area contributed by atoms with Crippen molar-refractivity contribution in [3.05, 3.63) is 90.1 Å². The van der Waals surface area contributed by atoms with Gasteiger partial charge in [0.15, 0.2) is 0 Å². The fourth-order valence-electron chi connectivity index (χ4n) is 4.04. The molecule has 0 aliphatic carbocycles. The average molecular weight is 424 g/mol. The summed E-state index contributed by atoms with van der Waals surface area (Å²) in [7, 11) is 0. The Kier molecular flexibility index (Phi) is 5.42. The average Bonchev–Trinajstić information content (AvgIpc) is 2.84. The molecule has 32 heavy (non-hydrogen) atoms. The number of hydrogen-bond donors (Lipinski definition) is 1. The number of carbonyl (C=O) groups excluding carboxylic acids is 1. The highest BCUT2D eigenvalue weighted by molar-refractivity contribution is 5.98. The number of aromatic nitrogens is 2. The number of anilines is 3. The molecule has 1 N–H and O–H groups in total. The minimum atomic E-state index is 0.0759. The summed E-state index contributed by atoms with van der Waals surface area (Å²) >= 11 is 0. The molecule has 0 spiro atoms. The number of piperazine rings is 1. The van der Waals surface area contributed by atoms with Crippen LogP contribution in [0.15, 0.2) is 78.9 Å². The molecule has 4 aromatic rings. The molecule has 2 heterocycles. The van der Waals surface area contributed by atoms with Crippen molar-refractivity contribution in [2.45, 2.75) is 6.92 Å². The van der Waals surface area contributed by atoms with Gasteiger partial charge in [-0.25, -0.2) is 4.98 Å². The Morgan fingerprint density at radius 3 is 2.31 bits per heavy atom. The van der Waals surface area contributed by atoms with Gasteiger partial charge in [0.1, 0.15) is 5.82 Å². The molecule has 0 saturated carbocycles. The van der Waals surface area contributed by atoms with Crippen molar-refractivity contribution in [1.29, 1.82) is 0 Å². The standard InChI is InChI=1S/C26H25N5O/c1-19-17-24(28-23-9-3-2-4-10-23)29-26(27-19)31-15-13-30(14-16-31)25(32)22-12-11-20-7-5-6-8-21(20)18-22/h2-12,17-18H,13-16H2,1H3,(H,27,28,29). The molecule has 1 fully saturated rings. The normalized spacial score (nSPS) is 13.9. The SMILES string of the molecule is Cc1cc(Nc2ccccc2)nc(N2CCN(C(=O)c3ccc4ccccc4c3)CC2)n1. The van der Waals surface area contributed by atoms with Crippen LogP contribution in [0.2, 0.25) is 0 Å². The maximum absolute atomic E-state index is 13.1. The quantitative estimate of drug-likeness (QED) is 0.518. The number of fused-ring (bicyclic) bond motifs is 1. The summed E-state index contributed by atoms with van der Waals surface area (Å²) in [5.41, 5.74) is 2.63. The number of hydrogen-bond acceptors (Lipinski definition) is 5. The van der Waals surface area contributed by atoms with Crippen LogP contribution in [0.25, 0.3) is 10.8 Å². The van der Waals surface area contributed by atoms with Gasteiger partial charge in [0.2, 0.25) is 5.95 Å². The van der Waals surface area contributed by atoms with Crippen LogP contribution < -0.4 is 10.2 Å². The molecule has 5 rings (SSSR count). The number of carbonyl (C=O) groups is 1. The van der Waals surface area contributed by atoms with Crippen LogP contribution in [-0.4, -0.2) is 47.0 Å². The largest absolute Gasteiger partial charge is 0.340 e. The second-order valence-electron chi connectivity index (χ2n) is 8.03. The second-order valence-corrected chi connectivity index (χ2v) is 8.03. The first kappa shape index (κ1) is 20.0. The van der Waals surface area contributed by atoms with Crippen LogP contribution in [-0.2, 0) is 0 Å². The lowest BCUT2D eigenvalue weighted by Crippen LogP contribution is -2.49. The van der Waals surface area contributed by atoms with Crippen LogP contribution in [0, 0.1) is 6.92 Å². The van der Waals surface area contributed by atoms with Gasteiger partial charge in [0.25, 0.3) is 5.91 Å². The van der Waals surface area contributed by atoms with Crippen molar-refractivity contribution >= 4 is 34.1 Å². The van der Waals surface area contributed by atoms with Crippen LogP contribution in [0.5, 0.6) is 0 Å². The molecule has 0 unspecified atom stereocenters. The maximum Gasteiger partial charge on any atom is 0.253 e. The van der Waals surface area contributed by atoms with Gasteiger partial charge in [-0.1, -0.05) is 48.5 Å². The number of para-hydroxylation sites is 1. The Labute approximate surface area is 187 Å². The van der Waals surface area contributed by atoms with Crippen molar-refractivity contribution in [3.8, 4) is 0 Å². The molecular weight excluding hydrogens is 398 g/mol. The van der Waals surface area contributed by atoms with Gasteiger partial charge in [0, 0.05) is 49.2 Å². The minimum Gasteiger partial charge on any atom is -0.340 e. The Hall–Kier alpha value is -3.93. The molecule has 160 valence electrons. The van der Waals surface area contributed by atoms with E-state index in [1.807, 2.05) is 84.6 Å². The van der Waals surface area contributed by atoms with Crippen molar-refractivity contribution in [2.24, 2.45) is 0 Å². The van der Waals surface area contributed by atoms with Gasteiger partial charge in [0.05, 0.1) is 0 Å². The summed E-state index contributed by atoms with van der Waals surface area (Å²) < 4.78 is 0.